The van der Waals surface area contributed by atoms with E-state index in [-0.39, 0.29) is 17.4 Å². The molecule has 0 amide bonds. The van der Waals surface area contributed by atoms with Crippen molar-refractivity contribution in [2.75, 3.05) is 0 Å². The van der Waals surface area contributed by atoms with E-state index in [1.54, 1.807) is 6.07 Å². The molecule has 0 radical (unpaired) electrons. The van der Waals surface area contributed by atoms with Crippen molar-refractivity contribution in [1.29, 1.82) is 0 Å². The molecule has 0 spiro atoms. The number of aromatic nitrogens is 2. The molecule has 2 N–H and O–H groups in total. The minimum atomic E-state index is -0.466. The normalized spacial score (nSPS) is 11.8. The minimum absolute atomic E-state index is 0.119. The molecular formula is C24H25N3O4. The van der Waals surface area contributed by atoms with E-state index in [4.69, 9.17) is 4.42 Å². The highest BCUT2D eigenvalue weighted by molar-refractivity contribution is 5.82. The van der Waals surface area contributed by atoms with E-state index in [0.717, 1.165) is 16.5 Å². The standard InChI is InChI=1S/C24H25N3O4/c1-4-15-9-18-16(10-23(29)31-21(18)11-20(15)28)12-27(14(2)3)13-22-25-19-8-6-5-7-17(19)24(30)26-22/h5-11,14,28H,4,12-13H2,1-3H3,(H,25,26,30). The fourth-order valence-corrected chi connectivity index (χ4v) is 3.76. The van der Waals surface area contributed by atoms with Gasteiger partial charge in [0.2, 0.25) is 0 Å². The highest BCUT2D eigenvalue weighted by Gasteiger charge is 2.17. The highest BCUT2D eigenvalue weighted by Crippen LogP contribution is 2.28. The van der Waals surface area contributed by atoms with Crippen LogP contribution in [-0.2, 0) is 19.5 Å². The number of aromatic hydroxyl groups is 1. The molecule has 7 nitrogen and oxygen atoms in total. The van der Waals surface area contributed by atoms with Gasteiger partial charge in [0.15, 0.2) is 0 Å². The zero-order chi connectivity index (χ0) is 22.1. The van der Waals surface area contributed by atoms with Crippen molar-refractivity contribution in [2.24, 2.45) is 0 Å². The van der Waals surface area contributed by atoms with Crippen LogP contribution in [0.4, 0.5) is 0 Å². The number of H-pyrrole nitrogens is 1. The van der Waals surface area contributed by atoms with Gasteiger partial charge in [0.25, 0.3) is 5.56 Å². The average molecular weight is 419 g/mol. The van der Waals surface area contributed by atoms with Crippen LogP contribution in [0.2, 0.25) is 0 Å². The van der Waals surface area contributed by atoms with Crippen LogP contribution in [0.15, 0.2) is 56.5 Å². The van der Waals surface area contributed by atoms with Crippen LogP contribution in [0.3, 0.4) is 0 Å². The van der Waals surface area contributed by atoms with Gasteiger partial charge >= 0.3 is 5.63 Å². The predicted molar refractivity (Wildman–Crippen MR) is 120 cm³/mol. The van der Waals surface area contributed by atoms with Crippen LogP contribution in [0.5, 0.6) is 5.75 Å². The van der Waals surface area contributed by atoms with Crippen LogP contribution in [0.25, 0.3) is 21.9 Å². The van der Waals surface area contributed by atoms with E-state index in [2.05, 4.69) is 28.7 Å². The molecule has 0 saturated heterocycles. The topological polar surface area (TPSA) is 99.4 Å². The van der Waals surface area contributed by atoms with Gasteiger partial charge in [0, 0.05) is 30.1 Å². The zero-order valence-electron chi connectivity index (χ0n) is 17.8. The van der Waals surface area contributed by atoms with Gasteiger partial charge in [0.1, 0.15) is 17.2 Å². The Morgan fingerprint density at radius 1 is 1.06 bits per heavy atom. The third-order valence-electron chi connectivity index (χ3n) is 5.53. The quantitative estimate of drug-likeness (QED) is 0.462. The Morgan fingerprint density at radius 2 is 1.84 bits per heavy atom. The van der Waals surface area contributed by atoms with Crippen molar-refractivity contribution in [3.63, 3.8) is 0 Å². The van der Waals surface area contributed by atoms with Gasteiger partial charge in [0.05, 0.1) is 17.4 Å². The first-order chi connectivity index (χ1) is 14.9. The summed E-state index contributed by atoms with van der Waals surface area (Å²) in [6.45, 7) is 6.94. The molecule has 0 aliphatic heterocycles. The Kier molecular flexibility index (Phi) is 5.61. The van der Waals surface area contributed by atoms with Crippen LogP contribution in [-0.4, -0.2) is 26.0 Å². The predicted octanol–water partition coefficient (Wildman–Crippen LogP) is 3.71. The average Bonchev–Trinajstić information content (AvgIpc) is 2.72. The third-order valence-corrected chi connectivity index (χ3v) is 5.53. The molecule has 7 heteroatoms. The molecule has 2 heterocycles. The maximum atomic E-state index is 12.4. The number of phenols is 1. The van der Waals surface area contributed by atoms with Gasteiger partial charge < -0.3 is 14.5 Å². The van der Waals surface area contributed by atoms with Gasteiger partial charge in [-0.3, -0.25) is 9.69 Å². The lowest BCUT2D eigenvalue weighted by atomic mass is 10.0. The summed E-state index contributed by atoms with van der Waals surface area (Å²) < 4.78 is 5.31. The zero-order valence-corrected chi connectivity index (χ0v) is 17.8. The van der Waals surface area contributed by atoms with E-state index in [9.17, 15) is 14.7 Å². The van der Waals surface area contributed by atoms with Crippen LogP contribution in [0.1, 0.15) is 37.7 Å². The molecule has 0 unspecified atom stereocenters. The number of benzene rings is 2. The second-order valence-electron chi connectivity index (χ2n) is 7.95. The van der Waals surface area contributed by atoms with E-state index in [1.165, 1.54) is 12.1 Å². The molecule has 0 aliphatic carbocycles. The SMILES string of the molecule is CCc1cc2c(CN(Cc3nc4ccccc4c(=O)[nH]3)C(C)C)cc(=O)oc2cc1O. The van der Waals surface area contributed by atoms with Crippen molar-refractivity contribution in [3.05, 3.63) is 80.2 Å². The van der Waals surface area contributed by atoms with Gasteiger partial charge in [-0.2, -0.15) is 0 Å². The monoisotopic (exact) mass is 419 g/mol. The minimum Gasteiger partial charge on any atom is -0.508 e. The number of phenolic OH excluding ortho intramolecular Hbond substituents is 1. The fourth-order valence-electron chi connectivity index (χ4n) is 3.76. The molecule has 0 bridgehead atoms. The number of rotatable bonds is 6. The van der Waals surface area contributed by atoms with Crippen molar-refractivity contribution in [2.45, 2.75) is 46.3 Å². The van der Waals surface area contributed by atoms with E-state index in [0.29, 0.717) is 41.8 Å². The lowest BCUT2D eigenvalue weighted by molar-refractivity contribution is 0.199. The summed E-state index contributed by atoms with van der Waals surface area (Å²) in [5.74, 6) is 0.686. The van der Waals surface area contributed by atoms with Gasteiger partial charge in [-0.1, -0.05) is 19.1 Å². The molecule has 2 aromatic heterocycles. The van der Waals surface area contributed by atoms with Crippen molar-refractivity contribution in [3.8, 4) is 5.75 Å². The molecule has 0 atom stereocenters. The van der Waals surface area contributed by atoms with Crippen molar-refractivity contribution in [1.82, 2.24) is 14.9 Å². The van der Waals surface area contributed by atoms with E-state index >= 15 is 0 Å². The lowest BCUT2D eigenvalue weighted by Crippen LogP contribution is -2.32. The molecular weight excluding hydrogens is 394 g/mol. The number of aryl methyl sites for hydroxylation is 1. The number of para-hydroxylation sites is 1. The lowest BCUT2D eigenvalue weighted by Gasteiger charge is -2.26. The Hall–Kier alpha value is -3.45. The van der Waals surface area contributed by atoms with E-state index in [1.807, 2.05) is 31.2 Å². The molecule has 2 aromatic carbocycles. The molecule has 0 aliphatic rings. The van der Waals surface area contributed by atoms with Crippen LogP contribution >= 0.6 is 0 Å². The van der Waals surface area contributed by atoms with Crippen molar-refractivity contribution < 1.29 is 9.52 Å². The largest absolute Gasteiger partial charge is 0.508 e. The molecule has 4 rings (SSSR count). The first-order valence-electron chi connectivity index (χ1n) is 10.4. The Morgan fingerprint density at radius 3 is 2.58 bits per heavy atom. The van der Waals surface area contributed by atoms with Crippen LogP contribution < -0.4 is 11.2 Å². The summed E-state index contributed by atoms with van der Waals surface area (Å²) >= 11 is 0. The number of aromatic amines is 1. The number of nitrogens with one attached hydrogen (secondary N) is 1. The molecule has 160 valence electrons. The summed E-state index contributed by atoms with van der Waals surface area (Å²) in [6.07, 6.45) is 0.663. The number of hydrogen-bond donors (Lipinski definition) is 2. The summed E-state index contributed by atoms with van der Waals surface area (Å²) in [5, 5.41) is 11.5. The molecule has 0 saturated carbocycles. The Labute approximate surface area is 179 Å². The summed E-state index contributed by atoms with van der Waals surface area (Å²) in [7, 11) is 0. The molecule has 4 aromatic rings. The summed E-state index contributed by atoms with van der Waals surface area (Å²) in [6, 6.07) is 12.2. The maximum absolute atomic E-state index is 12.4. The summed E-state index contributed by atoms with van der Waals surface area (Å²) in [4.78, 5) is 34.2. The van der Waals surface area contributed by atoms with E-state index < -0.39 is 5.63 Å². The fraction of sp³-hybridized carbons (Fsp3) is 0.292. The Balaban J connectivity index is 1.73. The maximum Gasteiger partial charge on any atom is 0.336 e. The van der Waals surface area contributed by atoms with Gasteiger partial charge in [-0.25, -0.2) is 9.78 Å². The molecule has 0 fully saturated rings. The first kappa shape index (κ1) is 20.8. The third kappa shape index (κ3) is 4.22. The first-order valence-corrected chi connectivity index (χ1v) is 10.4. The smallest absolute Gasteiger partial charge is 0.336 e. The molecule has 31 heavy (non-hydrogen) atoms. The second kappa shape index (κ2) is 8.35. The number of nitrogens with zero attached hydrogens (tertiary/aromatic N) is 2. The van der Waals surface area contributed by atoms with Crippen LogP contribution in [0, 0.1) is 0 Å². The van der Waals surface area contributed by atoms with Crippen molar-refractivity contribution >= 4 is 21.9 Å². The second-order valence-corrected chi connectivity index (χ2v) is 7.95. The number of hydrogen-bond acceptors (Lipinski definition) is 6. The van der Waals surface area contributed by atoms with Gasteiger partial charge in [-0.15, -0.1) is 0 Å². The number of fused-ring (bicyclic) bond motifs is 2. The Bertz CT molecular complexity index is 1370. The summed E-state index contributed by atoms with van der Waals surface area (Å²) in [5.41, 5.74) is 1.97. The highest BCUT2D eigenvalue weighted by atomic mass is 16.4. The van der Waals surface area contributed by atoms with Gasteiger partial charge in [-0.05, 0) is 49.6 Å².